The molecule has 2 rings (SSSR count). The van der Waals surface area contributed by atoms with Gasteiger partial charge in [-0.25, -0.2) is 0 Å². The van der Waals surface area contributed by atoms with Crippen LogP contribution < -0.4 is 0 Å². The standard InChI is InChI=1S/C12H9IOS/c1-8-9(6-7-15-8)12(14)10-4-2-3-5-11(10)13/h2-7H,1H3. The van der Waals surface area contributed by atoms with Gasteiger partial charge in [-0.2, -0.15) is 0 Å². The van der Waals surface area contributed by atoms with E-state index in [9.17, 15) is 4.79 Å². The van der Waals surface area contributed by atoms with Crippen molar-refractivity contribution in [3.05, 3.63) is 55.3 Å². The van der Waals surface area contributed by atoms with Crippen LogP contribution in [-0.4, -0.2) is 5.78 Å². The molecule has 76 valence electrons. The first-order valence-corrected chi connectivity index (χ1v) is 6.49. The first kappa shape index (κ1) is 10.8. The van der Waals surface area contributed by atoms with Crippen LogP contribution in [0.15, 0.2) is 35.7 Å². The molecule has 0 atom stereocenters. The average molecular weight is 328 g/mol. The van der Waals surface area contributed by atoms with Gasteiger partial charge in [0.2, 0.25) is 0 Å². The molecule has 1 aromatic heterocycles. The van der Waals surface area contributed by atoms with Gasteiger partial charge in [-0.15, -0.1) is 11.3 Å². The van der Waals surface area contributed by atoms with E-state index >= 15 is 0 Å². The summed E-state index contributed by atoms with van der Waals surface area (Å²) in [6.07, 6.45) is 0. The number of benzene rings is 1. The van der Waals surface area contributed by atoms with E-state index in [-0.39, 0.29) is 5.78 Å². The highest BCUT2D eigenvalue weighted by Gasteiger charge is 2.14. The number of ketones is 1. The number of hydrogen-bond donors (Lipinski definition) is 0. The van der Waals surface area contributed by atoms with Gasteiger partial charge >= 0.3 is 0 Å². The van der Waals surface area contributed by atoms with Gasteiger partial charge in [0, 0.05) is 19.6 Å². The summed E-state index contributed by atoms with van der Waals surface area (Å²) in [4.78, 5) is 13.2. The molecule has 0 saturated heterocycles. The van der Waals surface area contributed by atoms with E-state index in [0.29, 0.717) is 0 Å². The lowest BCUT2D eigenvalue weighted by molar-refractivity contribution is 0.103. The maximum absolute atomic E-state index is 12.2. The van der Waals surface area contributed by atoms with Crippen molar-refractivity contribution >= 4 is 39.7 Å². The fourth-order valence-corrected chi connectivity index (χ4v) is 2.74. The van der Waals surface area contributed by atoms with Gasteiger partial charge < -0.3 is 0 Å². The van der Waals surface area contributed by atoms with Crippen molar-refractivity contribution in [3.8, 4) is 0 Å². The molecule has 3 heteroatoms. The molecule has 0 amide bonds. The monoisotopic (exact) mass is 328 g/mol. The third kappa shape index (κ3) is 2.13. The van der Waals surface area contributed by atoms with Crippen LogP contribution in [0.25, 0.3) is 0 Å². The first-order chi connectivity index (χ1) is 7.20. The fraction of sp³-hybridized carbons (Fsp3) is 0.0833. The molecule has 1 heterocycles. The van der Waals surface area contributed by atoms with E-state index in [0.717, 1.165) is 19.6 Å². The van der Waals surface area contributed by atoms with Gasteiger partial charge in [0.15, 0.2) is 5.78 Å². The van der Waals surface area contributed by atoms with Crippen molar-refractivity contribution in [1.29, 1.82) is 0 Å². The van der Waals surface area contributed by atoms with E-state index < -0.39 is 0 Å². The summed E-state index contributed by atoms with van der Waals surface area (Å²) in [5, 5.41) is 1.96. The van der Waals surface area contributed by atoms with Gasteiger partial charge in [-0.1, -0.05) is 12.1 Å². The van der Waals surface area contributed by atoms with Gasteiger partial charge in [0.1, 0.15) is 0 Å². The Morgan fingerprint density at radius 2 is 1.93 bits per heavy atom. The summed E-state index contributed by atoms with van der Waals surface area (Å²) in [7, 11) is 0. The summed E-state index contributed by atoms with van der Waals surface area (Å²) in [6.45, 7) is 1.98. The van der Waals surface area contributed by atoms with Crippen molar-refractivity contribution in [1.82, 2.24) is 0 Å². The Hall–Kier alpha value is -0.680. The minimum Gasteiger partial charge on any atom is -0.289 e. The van der Waals surface area contributed by atoms with Crippen molar-refractivity contribution in [2.24, 2.45) is 0 Å². The molecular formula is C12H9IOS. The second-order valence-corrected chi connectivity index (χ2v) is 5.48. The Morgan fingerprint density at radius 3 is 2.53 bits per heavy atom. The van der Waals surface area contributed by atoms with Crippen LogP contribution in [0, 0.1) is 10.5 Å². The molecule has 2 aromatic rings. The van der Waals surface area contributed by atoms with Crippen LogP contribution in [0.2, 0.25) is 0 Å². The average Bonchev–Trinajstić information content (AvgIpc) is 2.64. The maximum Gasteiger partial charge on any atom is 0.195 e. The quantitative estimate of drug-likeness (QED) is 0.604. The number of aryl methyl sites for hydroxylation is 1. The van der Waals surface area contributed by atoms with Gasteiger partial charge in [-0.05, 0) is 53.1 Å². The number of rotatable bonds is 2. The van der Waals surface area contributed by atoms with Crippen LogP contribution in [0.1, 0.15) is 20.8 Å². The van der Waals surface area contributed by atoms with Crippen LogP contribution in [0.5, 0.6) is 0 Å². The number of halogens is 1. The number of carbonyl (C=O) groups is 1. The molecule has 0 aliphatic heterocycles. The third-order valence-corrected chi connectivity index (χ3v) is 4.01. The van der Waals surface area contributed by atoms with Crippen molar-refractivity contribution in [3.63, 3.8) is 0 Å². The minimum absolute atomic E-state index is 0.124. The Bertz CT molecular complexity index is 502. The first-order valence-electron chi connectivity index (χ1n) is 4.53. The maximum atomic E-state index is 12.2. The molecule has 0 bridgehead atoms. The lowest BCUT2D eigenvalue weighted by Crippen LogP contribution is -2.03. The predicted molar refractivity (Wildman–Crippen MR) is 71.6 cm³/mol. The van der Waals surface area contributed by atoms with Gasteiger partial charge in [0.05, 0.1) is 0 Å². The SMILES string of the molecule is Cc1sccc1C(=O)c1ccccc1I. The molecular weight excluding hydrogens is 319 g/mol. The van der Waals surface area contributed by atoms with Crippen molar-refractivity contribution in [2.45, 2.75) is 6.92 Å². The predicted octanol–water partition coefficient (Wildman–Crippen LogP) is 3.89. The summed E-state index contributed by atoms with van der Waals surface area (Å²) in [5.41, 5.74) is 1.61. The third-order valence-electron chi connectivity index (χ3n) is 2.22. The van der Waals surface area contributed by atoms with Gasteiger partial charge in [-0.3, -0.25) is 4.79 Å². The normalized spacial score (nSPS) is 10.3. The number of hydrogen-bond acceptors (Lipinski definition) is 2. The molecule has 0 spiro atoms. The second-order valence-electron chi connectivity index (χ2n) is 3.20. The van der Waals surface area contributed by atoms with Gasteiger partial charge in [0.25, 0.3) is 0 Å². The van der Waals surface area contributed by atoms with Crippen LogP contribution in [0.3, 0.4) is 0 Å². The summed E-state index contributed by atoms with van der Waals surface area (Å²) >= 11 is 3.80. The Labute approximate surface area is 106 Å². The minimum atomic E-state index is 0.124. The highest BCUT2D eigenvalue weighted by Crippen LogP contribution is 2.21. The molecule has 0 aliphatic carbocycles. The Kier molecular flexibility index (Phi) is 3.21. The molecule has 0 aliphatic rings. The van der Waals surface area contributed by atoms with Crippen LogP contribution in [0.4, 0.5) is 0 Å². The van der Waals surface area contributed by atoms with E-state index in [4.69, 9.17) is 0 Å². The van der Waals surface area contributed by atoms with E-state index in [1.807, 2.05) is 42.6 Å². The molecule has 0 unspecified atom stereocenters. The summed E-state index contributed by atoms with van der Waals surface area (Å²) in [5.74, 6) is 0.124. The molecule has 0 fully saturated rings. The largest absolute Gasteiger partial charge is 0.289 e. The molecule has 1 aromatic carbocycles. The van der Waals surface area contributed by atoms with E-state index in [2.05, 4.69) is 22.6 Å². The zero-order chi connectivity index (χ0) is 10.8. The molecule has 15 heavy (non-hydrogen) atoms. The Morgan fingerprint density at radius 1 is 1.20 bits per heavy atom. The molecule has 0 saturated carbocycles. The zero-order valence-electron chi connectivity index (χ0n) is 8.16. The Balaban J connectivity index is 2.46. The summed E-state index contributed by atoms with van der Waals surface area (Å²) in [6, 6.07) is 9.57. The zero-order valence-corrected chi connectivity index (χ0v) is 11.1. The summed E-state index contributed by atoms with van der Waals surface area (Å²) < 4.78 is 1.01. The second kappa shape index (κ2) is 4.45. The molecule has 0 radical (unpaired) electrons. The molecule has 1 nitrogen and oxygen atoms in total. The van der Waals surface area contributed by atoms with E-state index in [1.54, 1.807) is 11.3 Å². The molecule has 0 N–H and O–H groups in total. The van der Waals surface area contributed by atoms with Crippen LogP contribution in [-0.2, 0) is 0 Å². The van der Waals surface area contributed by atoms with E-state index in [1.165, 1.54) is 0 Å². The van der Waals surface area contributed by atoms with Crippen molar-refractivity contribution in [2.75, 3.05) is 0 Å². The number of carbonyl (C=O) groups excluding carboxylic acids is 1. The topological polar surface area (TPSA) is 17.1 Å². The highest BCUT2D eigenvalue weighted by atomic mass is 127. The van der Waals surface area contributed by atoms with Crippen molar-refractivity contribution < 1.29 is 4.79 Å². The smallest absolute Gasteiger partial charge is 0.195 e. The lowest BCUT2D eigenvalue weighted by atomic mass is 10.0. The van der Waals surface area contributed by atoms with Crippen LogP contribution >= 0.6 is 33.9 Å². The number of thiophene rings is 1. The lowest BCUT2D eigenvalue weighted by Gasteiger charge is -2.02. The fourth-order valence-electron chi connectivity index (χ4n) is 1.41. The highest BCUT2D eigenvalue weighted by molar-refractivity contribution is 14.1.